The molecule has 0 spiro atoms. The van der Waals surface area contributed by atoms with Crippen LogP contribution in [0.2, 0.25) is 0 Å². The Morgan fingerprint density at radius 2 is 1.79 bits per heavy atom. The Kier molecular flexibility index (Phi) is 5.22. The number of nitrogens with zero attached hydrogens (tertiary/aromatic N) is 4. The molecule has 0 radical (unpaired) electrons. The lowest BCUT2D eigenvalue weighted by molar-refractivity contribution is -0.137. The minimum Gasteiger partial charge on any atom is -0.335 e. The summed E-state index contributed by atoms with van der Waals surface area (Å²) in [7, 11) is 1.70. The number of hydrogen-bond acceptors (Lipinski definition) is 3. The predicted octanol–water partition coefficient (Wildman–Crippen LogP) is 4.43. The van der Waals surface area contributed by atoms with Crippen molar-refractivity contribution in [1.82, 2.24) is 19.7 Å². The molecular formula is C20H19F3N4O. The van der Waals surface area contributed by atoms with E-state index in [1.165, 1.54) is 16.9 Å². The second-order valence-electron chi connectivity index (χ2n) is 6.46. The van der Waals surface area contributed by atoms with Crippen LogP contribution in [0.1, 0.15) is 40.1 Å². The highest BCUT2D eigenvalue weighted by Gasteiger charge is 2.31. The maximum Gasteiger partial charge on any atom is 0.417 e. The summed E-state index contributed by atoms with van der Waals surface area (Å²) in [6.07, 6.45) is -2.30. The molecular weight excluding hydrogens is 369 g/mol. The maximum atomic E-state index is 12.9. The van der Waals surface area contributed by atoms with E-state index >= 15 is 0 Å². The number of amides is 1. The fourth-order valence-corrected chi connectivity index (χ4v) is 2.85. The first-order valence-electron chi connectivity index (χ1n) is 8.60. The molecule has 0 saturated carbocycles. The third-order valence-electron chi connectivity index (χ3n) is 4.72. The van der Waals surface area contributed by atoms with Crippen LogP contribution in [-0.2, 0) is 6.18 Å². The van der Waals surface area contributed by atoms with E-state index in [2.05, 4.69) is 10.1 Å². The van der Waals surface area contributed by atoms with Crippen LogP contribution >= 0.6 is 0 Å². The van der Waals surface area contributed by atoms with Gasteiger partial charge in [0.2, 0.25) is 0 Å². The molecule has 0 fully saturated rings. The van der Waals surface area contributed by atoms with Crippen LogP contribution in [0, 0.1) is 6.92 Å². The third-order valence-corrected chi connectivity index (χ3v) is 4.72. The molecule has 0 aliphatic heterocycles. The van der Waals surface area contributed by atoms with Gasteiger partial charge in [-0.15, -0.1) is 0 Å². The first kappa shape index (κ1) is 19.6. The van der Waals surface area contributed by atoms with Gasteiger partial charge in [-0.05, 0) is 31.5 Å². The molecule has 0 N–H and O–H groups in total. The smallest absolute Gasteiger partial charge is 0.335 e. The minimum atomic E-state index is -4.46. The maximum absolute atomic E-state index is 12.9. The Morgan fingerprint density at radius 3 is 2.36 bits per heavy atom. The van der Waals surface area contributed by atoms with Crippen LogP contribution in [0.5, 0.6) is 0 Å². The van der Waals surface area contributed by atoms with Crippen LogP contribution in [-0.4, -0.2) is 32.6 Å². The van der Waals surface area contributed by atoms with Gasteiger partial charge in [-0.1, -0.05) is 30.3 Å². The molecule has 1 unspecified atom stereocenters. The van der Waals surface area contributed by atoms with E-state index in [1.807, 2.05) is 37.3 Å². The van der Waals surface area contributed by atoms with Gasteiger partial charge in [0.25, 0.3) is 5.91 Å². The zero-order chi connectivity index (χ0) is 20.5. The number of carbonyl (C=O) groups excluding carboxylic acids is 1. The minimum absolute atomic E-state index is 0.152. The van der Waals surface area contributed by atoms with E-state index in [4.69, 9.17) is 0 Å². The summed E-state index contributed by atoms with van der Waals surface area (Å²) in [5.41, 5.74) is 1.03. The largest absolute Gasteiger partial charge is 0.417 e. The normalized spacial score (nSPS) is 12.6. The molecule has 5 nitrogen and oxygen atoms in total. The number of pyridine rings is 1. The van der Waals surface area contributed by atoms with Crippen molar-refractivity contribution in [3.8, 4) is 5.82 Å². The van der Waals surface area contributed by atoms with E-state index in [0.29, 0.717) is 11.3 Å². The number of carbonyl (C=O) groups is 1. The molecule has 2 heterocycles. The molecule has 28 heavy (non-hydrogen) atoms. The van der Waals surface area contributed by atoms with Gasteiger partial charge in [0.1, 0.15) is 0 Å². The standard InChI is InChI=1S/C20H19F3N4O/c1-13(15-7-5-4-6-8-15)26(3)19(28)17-12-25-27(14(17)2)18-10-9-16(11-24-18)20(21,22)23/h4-13H,1-3H3. The molecule has 0 bridgehead atoms. The van der Waals surface area contributed by atoms with Crippen molar-refractivity contribution in [2.45, 2.75) is 26.1 Å². The monoisotopic (exact) mass is 388 g/mol. The zero-order valence-electron chi connectivity index (χ0n) is 15.6. The predicted molar refractivity (Wildman–Crippen MR) is 98.0 cm³/mol. The van der Waals surface area contributed by atoms with E-state index in [1.54, 1.807) is 18.9 Å². The van der Waals surface area contributed by atoms with E-state index in [-0.39, 0.29) is 17.8 Å². The summed E-state index contributed by atoms with van der Waals surface area (Å²) < 4.78 is 39.5. The van der Waals surface area contributed by atoms with Crippen molar-refractivity contribution in [2.24, 2.45) is 0 Å². The van der Waals surface area contributed by atoms with Gasteiger partial charge in [-0.25, -0.2) is 9.67 Å². The van der Waals surface area contributed by atoms with Crippen molar-refractivity contribution < 1.29 is 18.0 Å². The van der Waals surface area contributed by atoms with Crippen molar-refractivity contribution in [3.05, 3.63) is 77.2 Å². The Balaban J connectivity index is 1.85. The van der Waals surface area contributed by atoms with Gasteiger partial charge < -0.3 is 4.90 Å². The summed E-state index contributed by atoms with van der Waals surface area (Å²) in [5, 5.41) is 4.14. The van der Waals surface area contributed by atoms with Gasteiger partial charge in [0.05, 0.1) is 29.1 Å². The van der Waals surface area contributed by atoms with E-state index < -0.39 is 11.7 Å². The lowest BCUT2D eigenvalue weighted by atomic mass is 10.1. The average molecular weight is 388 g/mol. The van der Waals surface area contributed by atoms with Crippen molar-refractivity contribution in [1.29, 1.82) is 0 Å². The van der Waals surface area contributed by atoms with Gasteiger partial charge in [0.15, 0.2) is 5.82 Å². The second-order valence-corrected chi connectivity index (χ2v) is 6.46. The molecule has 8 heteroatoms. The summed E-state index contributed by atoms with van der Waals surface area (Å²) in [4.78, 5) is 18.3. The highest BCUT2D eigenvalue weighted by Crippen LogP contribution is 2.29. The zero-order valence-corrected chi connectivity index (χ0v) is 15.6. The molecule has 0 saturated heterocycles. The summed E-state index contributed by atoms with van der Waals surface area (Å²) in [5.74, 6) is -0.0182. The topological polar surface area (TPSA) is 51.0 Å². The lowest BCUT2D eigenvalue weighted by Crippen LogP contribution is -2.30. The number of alkyl halides is 3. The summed E-state index contributed by atoms with van der Waals surface area (Å²) in [6, 6.07) is 11.6. The van der Waals surface area contributed by atoms with Crippen LogP contribution < -0.4 is 0 Å². The molecule has 146 valence electrons. The Morgan fingerprint density at radius 1 is 1.11 bits per heavy atom. The third kappa shape index (κ3) is 3.76. The summed E-state index contributed by atoms with van der Waals surface area (Å²) in [6.45, 7) is 3.60. The van der Waals surface area contributed by atoms with Crippen LogP contribution in [0.3, 0.4) is 0 Å². The number of rotatable bonds is 4. The van der Waals surface area contributed by atoms with E-state index in [0.717, 1.165) is 17.8 Å². The molecule has 3 rings (SSSR count). The average Bonchev–Trinajstić information content (AvgIpc) is 3.07. The molecule has 2 aromatic heterocycles. The molecule has 1 amide bonds. The van der Waals surface area contributed by atoms with Gasteiger partial charge in [-0.3, -0.25) is 4.79 Å². The highest BCUT2D eigenvalue weighted by molar-refractivity contribution is 5.95. The van der Waals surface area contributed by atoms with E-state index in [9.17, 15) is 18.0 Å². The second kappa shape index (κ2) is 7.46. The first-order valence-corrected chi connectivity index (χ1v) is 8.60. The SMILES string of the molecule is Cc1c(C(=O)N(C)C(C)c2ccccc2)cnn1-c1ccc(C(F)(F)F)cn1. The number of halogens is 3. The Labute approximate surface area is 160 Å². The number of aromatic nitrogens is 3. The fraction of sp³-hybridized carbons (Fsp3) is 0.250. The fourth-order valence-electron chi connectivity index (χ4n) is 2.85. The summed E-state index contributed by atoms with van der Waals surface area (Å²) >= 11 is 0. The first-order chi connectivity index (χ1) is 13.2. The quantitative estimate of drug-likeness (QED) is 0.665. The molecule has 1 aromatic carbocycles. The molecule has 3 aromatic rings. The molecule has 0 aliphatic rings. The van der Waals surface area contributed by atoms with Crippen LogP contribution in [0.4, 0.5) is 13.2 Å². The molecule has 1 atom stereocenters. The van der Waals surface area contributed by atoms with Crippen molar-refractivity contribution in [3.63, 3.8) is 0 Å². The van der Waals surface area contributed by atoms with Gasteiger partial charge >= 0.3 is 6.18 Å². The van der Waals surface area contributed by atoms with Crippen molar-refractivity contribution in [2.75, 3.05) is 7.05 Å². The van der Waals surface area contributed by atoms with Gasteiger partial charge in [0, 0.05) is 13.2 Å². The van der Waals surface area contributed by atoms with Gasteiger partial charge in [-0.2, -0.15) is 18.3 Å². The van der Waals surface area contributed by atoms with Crippen LogP contribution in [0.15, 0.2) is 54.9 Å². The van der Waals surface area contributed by atoms with Crippen molar-refractivity contribution >= 4 is 5.91 Å². The molecule has 0 aliphatic carbocycles. The van der Waals surface area contributed by atoms with Crippen LogP contribution in [0.25, 0.3) is 5.82 Å². The Bertz CT molecular complexity index is 965. The number of benzene rings is 1. The highest BCUT2D eigenvalue weighted by atomic mass is 19.4. The number of hydrogen-bond donors (Lipinski definition) is 0. The lowest BCUT2D eigenvalue weighted by Gasteiger charge is -2.25. The Hall–Kier alpha value is -3.16.